The van der Waals surface area contributed by atoms with E-state index in [1.54, 1.807) is 24.5 Å². The molecule has 140 valence electrons. The van der Waals surface area contributed by atoms with Gasteiger partial charge in [0.1, 0.15) is 18.1 Å². The van der Waals surface area contributed by atoms with E-state index in [2.05, 4.69) is 10.3 Å². The number of carbonyl (C=O) groups is 1. The van der Waals surface area contributed by atoms with Gasteiger partial charge >= 0.3 is 5.69 Å². The first kappa shape index (κ1) is 18.4. The third kappa shape index (κ3) is 4.81. The fourth-order valence-electron chi connectivity index (χ4n) is 2.79. The topological polar surface area (TPSA) is 97.1 Å². The second-order valence-corrected chi connectivity index (χ2v) is 6.00. The maximum atomic E-state index is 13.2. The summed E-state index contributed by atoms with van der Waals surface area (Å²) in [6.07, 6.45) is 3.36. The Bertz CT molecular complexity index is 1010. The Morgan fingerprint density at radius 1 is 1.19 bits per heavy atom. The molecule has 0 aliphatic heterocycles. The molecule has 2 heterocycles. The average molecular weight is 371 g/mol. The molecule has 3 rings (SSSR count). The molecule has 2 aromatic heterocycles. The number of hydrogen-bond acceptors (Lipinski definition) is 4. The van der Waals surface area contributed by atoms with Gasteiger partial charge in [0.15, 0.2) is 0 Å². The molecular formula is C19H18FN3O4. The van der Waals surface area contributed by atoms with Crippen LogP contribution in [-0.4, -0.2) is 22.0 Å². The summed E-state index contributed by atoms with van der Waals surface area (Å²) in [5, 5.41) is 2.74. The van der Waals surface area contributed by atoms with E-state index in [0.29, 0.717) is 18.7 Å². The predicted molar refractivity (Wildman–Crippen MR) is 95.9 cm³/mol. The van der Waals surface area contributed by atoms with Crippen molar-refractivity contribution in [1.82, 2.24) is 14.9 Å². The zero-order chi connectivity index (χ0) is 19.2. The molecule has 0 aliphatic rings. The lowest BCUT2D eigenvalue weighted by Crippen LogP contribution is -2.36. The van der Waals surface area contributed by atoms with E-state index in [0.717, 1.165) is 10.1 Å². The standard InChI is InChI=1S/C19H18FN3O4/c20-14-5-3-13(4-6-14)15(16-2-1-11-27-16)7-9-21-18(25)12-23-10-8-17(24)22-19(23)26/h1-6,8,10-11,15H,7,9,12H2,(H,21,25)(H,22,24,26). The van der Waals surface area contributed by atoms with Crippen LogP contribution in [0.25, 0.3) is 0 Å². The number of nitrogens with zero attached hydrogens (tertiary/aromatic N) is 1. The molecule has 0 aliphatic carbocycles. The fourth-order valence-corrected chi connectivity index (χ4v) is 2.79. The van der Waals surface area contributed by atoms with Crippen molar-refractivity contribution < 1.29 is 13.6 Å². The van der Waals surface area contributed by atoms with Gasteiger partial charge in [-0.15, -0.1) is 0 Å². The third-order valence-corrected chi connectivity index (χ3v) is 4.12. The molecule has 7 nitrogen and oxygen atoms in total. The summed E-state index contributed by atoms with van der Waals surface area (Å²) in [7, 11) is 0. The molecule has 0 saturated carbocycles. The van der Waals surface area contributed by atoms with E-state index in [1.807, 2.05) is 6.07 Å². The Labute approximate surface area is 153 Å². The molecule has 27 heavy (non-hydrogen) atoms. The highest BCUT2D eigenvalue weighted by atomic mass is 19.1. The van der Waals surface area contributed by atoms with Crippen LogP contribution in [0.3, 0.4) is 0 Å². The van der Waals surface area contributed by atoms with E-state index in [4.69, 9.17) is 4.42 Å². The van der Waals surface area contributed by atoms with Crippen LogP contribution >= 0.6 is 0 Å². The highest BCUT2D eigenvalue weighted by Gasteiger charge is 2.17. The van der Waals surface area contributed by atoms with Crippen molar-refractivity contribution in [3.63, 3.8) is 0 Å². The molecule has 8 heteroatoms. The Hall–Kier alpha value is -3.42. The number of aromatic amines is 1. The number of halogens is 1. The van der Waals surface area contributed by atoms with Gasteiger partial charge in [-0.25, -0.2) is 9.18 Å². The molecule has 1 unspecified atom stereocenters. The first-order chi connectivity index (χ1) is 13.0. The van der Waals surface area contributed by atoms with Crippen molar-refractivity contribution in [2.45, 2.75) is 18.9 Å². The second kappa shape index (κ2) is 8.31. The zero-order valence-corrected chi connectivity index (χ0v) is 14.4. The van der Waals surface area contributed by atoms with E-state index < -0.39 is 11.2 Å². The smallest absolute Gasteiger partial charge is 0.328 e. The number of H-pyrrole nitrogens is 1. The molecule has 1 atom stereocenters. The monoisotopic (exact) mass is 371 g/mol. The van der Waals surface area contributed by atoms with Crippen molar-refractivity contribution in [3.8, 4) is 0 Å². The maximum absolute atomic E-state index is 13.2. The SMILES string of the molecule is O=C(Cn1ccc(=O)[nH]c1=O)NCCC(c1ccc(F)cc1)c1ccco1. The molecule has 0 spiro atoms. The number of benzene rings is 1. The Kier molecular flexibility index (Phi) is 5.65. The predicted octanol–water partition coefficient (Wildman–Crippen LogP) is 1.61. The van der Waals surface area contributed by atoms with Crippen molar-refractivity contribution in [2.24, 2.45) is 0 Å². The number of carbonyl (C=O) groups excluding carboxylic acids is 1. The minimum atomic E-state index is -0.641. The molecule has 0 bridgehead atoms. The quantitative estimate of drug-likeness (QED) is 0.659. The van der Waals surface area contributed by atoms with Crippen LogP contribution < -0.4 is 16.6 Å². The van der Waals surface area contributed by atoms with Crippen LogP contribution in [0.15, 0.2) is 68.9 Å². The minimum Gasteiger partial charge on any atom is -0.469 e. The summed E-state index contributed by atoms with van der Waals surface area (Å²) in [5.41, 5.74) is -0.285. The largest absolute Gasteiger partial charge is 0.469 e. The normalized spacial score (nSPS) is 11.9. The zero-order valence-electron chi connectivity index (χ0n) is 14.4. The van der Waals surface area contributed by atoms with Crippen LogP contribution in [0.5, 0.6) is 0 Å². The molecular weight excluding hydrogens is 353 g/mol. The third-order valence-electron chi connectivity index (χ3n) is 4.12. The lowest BCUT2D eigenvalue weighted by atomic mass is 9.93. The van der Waals surface area contributed by atoms with Gasteiger partial charge in [-0.1, -0.05) is 12.1 Å². The Morgan fingerprint density at radius 2 is 1.96 bits per heavy atom. The van der Waals surface area contributed by atoms with Gasteiger partial charge < -0.3 is 9.73 Å². The van der Waals surface area contributed by atoms with Gasteiger partial charge in [-0.3, -0.25) is 19.1 Å². The van der Waals surface area contributed by atoms with Gasteiger partial charge in [-0.05, 0) is 36.2 Å². The van der Waals surface area contributed by atoms with Crippen molar-refractivity contribution in [1.29, 1.82) is 0 Å². The maximum Gasteiger partial charge on any atom is 0.328 e. The summed E-state index contributed by atoms with van der Waals surface area (Å²) in [6.45, 7) is 0.136. The molecule has 0 fully saturated rings. The second-order valence-electron chi connectivity index (χ2n) is 6.00. The van der Waals surface area contributed by atoms with Crippen molar-refractivity contribution in [2.75, 3.05) is 6.54 Å². The van der Waals surface area contributed by atoms with Crippen LogP contribution in [0.2, 0.25) is 0 Å². The fraction of sp³-hybridized carbons (Fsp3) is 0.211. The summed E-state index contributed by atoms with van der Waals surface area (Å²) in [5.74, 6) is -0.109. The lowest BCUT2D eigenvalue weighted by molar-refractivity contribution is -0.121. The Morgan fingerprint density at radius 3 is 2.63 bits per heavy atom. The van der Waals surface area contributed by atoms with E-state index >= 15 is 0 Å². The highest BCUT2D eigenvalue weighted by Crippen LogP contribution is 2.28. The number of rotatable bonds is 7. The molecule has 0 radical (unpaired) electrons. The summed E-state index contributed by atoms with van der Waals surface area (Å²) < 4.78 is 19.8. The first-order valence-electron chi connectivity index (χ1n) is 8.38. The van der Waals surface area contributed by atoms with Gasteiger partial charge in [0, 0.05) is 24.7 Å². The lowest BCUT2D eigenvalue weighted by Gasteiger charge is -2.16. The van der Waals surface area contributed by atoms with Crippen molar-refractivity contribution in [3.05, 3.63) is 92.9 Å². The molecule has 3 aromatic rings. The van der Waals surface area contributed by atoms with Crippen LogP contribution in [-0.2, 0) is 11.3 Å². The number of amides is 1. The van der Waals surface area contributed by atoms with E-state index in [1.165, 1.54) is 24.4 Å². The Balaban J connectivity index is 1.62. The average Bonchev–Trinajstić information content (AvgIpc) is 3.16. The minimum absolute atomic E-state index is 0.142. The van der Waals surface area contributed by atoms with Gasteiger partial charge in [0.25, 0.3) is 5.56 Å². The molecule has 2 N–H and O–H groups in total. The van der Waals surface area contributed by atoms with Crippen LogP contribution in [0.1, 0.15) is 23.7 Å². The summed E-state index contributed by atoms with van der Waals surface area (Å²) >= 11 is 0. The first-order valence-corrected chi connectivity index (χ1v) is 8.38. The summed E-state index contributed by atoms with van der Waals surface area (Å²) in [4.78, 5) is 36.8. The number of hydrogen-bond donors (Lipinski definition) is 2. The number of aromatic nitrogens is 2. The molecule has 1 aromatic carbocycles. The van der Waals surface area contributed by atoms with Gasteiger partial charge in [0.05, 0.1) is 6.26 Å². The van der Waals surface area contributed by atoms with Gasteiger partial charge in [-0.2, -0.15) is 0 Å². The molecule has 1 amide bonds. The van der Waals surface area contributed by atoms with Crippen LogP contribution in [0.4, 0.5) is 4.39 Å². The highest BCUT2D eigenvalue weighted by molar-refractivity contribution is 5.75. The summed E-state index contributed by atoms with van der Waals surface area (Å²) in [6, 6.07) is 10.9. The van der Waals surface area contributed by atoms with E-state index in [9.17, 15) is 18.8 Å². The molecule has 0 saturated heterocycles. The van der Waals surface area contributed by atoms with E-state index in [-0.39, 0.29) is 24.2 Å². The number of nitrogens with one attached hydrogen (secondary N) is 2. The van der Waals surface area contributed by atoms with Crippen LogP contribution in [0, 0.1) is 5.82 Å². The number of furan rings is 1. The van der Waals surface area contributed by atoms with Gasteiger partial charge in [0.2, 0.25) is 5.91 Å². The van der Waals surface area contributed by atoms with Crippen molar-refractivity contribution >= 4 is 5.91 Å².